The van der Waals surface area contributed by atoms with Crippen molar-refractivity contribution in [3.63, 3.8) is 0 Å². The fourth-order valence-electron chi connectivity index (χ4n) is 2.86. The molecule has 0 N–H and O–H groups in total. The smallest absolute Gasteiger partial charge is 0.119 e. The lowest BCUT2D eigenvalue weighted by Crippen LogP contribution is -2.08. The highest BCUT2D eigenvalue weighted by atomic mass is 16.5. The molecule has 28 heavy (non-hydrogen) atoms. The lowest BCUT2D eigenvalue weighted by Gasteiger charge is -2.10. The van der Waals surface area contributed by atoms with Crippen LogP contribution in [0.3, 0.4) is 0 Å². The molecule has 0 radical (unpaired) electrons. The van der Waals surface area contributed by atoms with Crippen molar-refractivity contribution >= 4 is 0 Å². The van der Waals surface area contributed by atoms with E-state index in [9.17, 15) is 0 Å². The standard InChI is InChI=1S/C24H36N2O2/c1-4-6-7-8-10-22-13-16-24(26-25-22)21-11-14-23(15-12-21)28-18-9-17-27-19-20(3)5-2/h11-16,20H,4-10,17-19H2,1-3H3/t20-/m0/s1. The molecule has 154 valence electrons. The summed E-state index contributed by atoms with van der Waals surface area (Å²) in [6, 6.07) is 12.2. The molecule has 0 aliphatic rings. The van der Waals surface area contributed by atoms with Gasteiger partial charge in [-0.2, -0.15) is 10.2 Å². The maximum Gasteiger partial charge on any atom is 0.119 e. The Morgan fingerprint density at radius 1 is 0.857 bits per heavy atom. The third kappa shape index (κ3) is 8.39. The van der Waals surface area contributed by atoms with Crippen LogP contribution in [-0.2, 0) is 11.2 Å². The molecule has 0 saturated carbocycles. The number of hydrogen-bond donors (Lipinski definition) is 0. The Labute approximate surface area is 170 Å². The Bertz CT molecular complexity index is 641. The average molecular weight is 385 g/mol. The number of rotatable bonds is 14. The summed E-state index contributed by atoms with van der Waals surface area (Å²) in [6.07, 6.45) is 8.10. The van der Waals surface area contributed by atoms with Crippen LogP contribution < -0.4 is 4.74 Å². The number of unbranched alkanes of at least 4 members (excludes halogenated alkanes) is 3. The topological polar surface area (TPSA) is 44.2 Å². The molecule has 4 heteroatoms. The van der Waals surface area contributed by atoms with Gasteiger partial charge >= 0.3 is 0 Å². The minimum atomic E-state index is 0.631. The van der Waals surface area contributed by atoms with Gasteiger partial charge in [-0.25, -0.2) is 0 Å². The SMILES string of the molecule is CCCCCCc1ccc(-c2ccc(OCCCOC[C@@H](C)CC)cc2)nn1. The average Bonchev–Trinajstić information content (AvgIpc) is 2.74. The maximum absolute atomic E-state index is 5.80. The molecular formula is C24H36N2O2. The molecule has 1 aromatic carbocycles. The van der Waals surface area contributed by atoms with E-state index >= 15 is 0 Å². The molecule has 0 aliphatic heterocycles. The summed E-state index contributed by atoms with van der Waals surface area (Å²) in [5.74, 6) is 1.51. The highest BCUT2D eigenvalue weighted by Gasteiger charge is 2.03. The van der Waals surface area contributed by atoms with E-state index in [4.69, 9.17) is 9.47 Å². The molecule has 1 aromatic heterocycles. The summed E-state index contributed by atoms with van der Waals surface area (Å²) in [5, 5.41) is 8.76. The van der Waals surface area contributed by atoms with Crippen molar-refractivity contribution < 1.29 is 9.47 Å². The summed E-state index contributed by atoms with van der Waals surface area (Å²) in [6.45, 7) is 8.90. The summed E-state index contributed by atoms with van der Waals surface area (Å²) in [5.41, 5.74) is 3.05. The van der Waals surface area contributed by atoms with E-state index in [1.807, 2.05) is 24.3 Å². The van der Waals surface area contributed by atoms with E-state index in [1.54, 1.807) is 0 Å². The van der Waals surface area contributed by atoms with Gasteiger partial charge in [-0.05, 0) is 55.2 Å². The summed E-state index contributed by atoms with van der Waals surface area (Å²) in [7, 11) is 0. The molecule has 1 heterocycles. The first-order valence-electron chi connectivity index (χ1n) is 10.9. The molecule has 0 amide bonds. The van der Waals surface area contributed by atoms with E-state index < -0.39 is 0 Å². The molecule has 2 aromatic rings. The van der Waals surface area contributed by atoms with Gasteiger partial charge in [0.05, 0.1) is 18.0 Å². The quantitative estimate of drug-likeness (QED) is 0.369. The number of ether oxygens (including phenoxy) is 2. The van der Waals surface area contributed by atoms with E-state index in [2.05, 4.69) is 43.1 Å². The zero-order chi connectivity index (χ0) is 20.0. The molecule has 0 saturated heterocycles. The van der Waals surface area contributed by atoms with Crippen molar-refractivity contribution in [3.05, 3.63) is 42.1 Å². The minimum absolute atomic E-state index is 0.631. The minimum Gasteiger partial charge on any atom is -0.494 e. The number of aromatic nitrogens is 2. The first kappa shape index (κ1) is 22.4. The highest BCUT2D eigenvalue weighted by Crippen LogP contribution is 2.20. The molecule has 0 bridgehead atoms. The van der Waals surface area contributed by atoms with E-state index in [0.29, 0.717) is 12.5 Å². The third-order valence-electron chi connectivity index (χ3n) is 4.96. The highest BCUT2D eigenvalue weighted by molar-refractivity contribution is 5.59. The summed E-state index contributed by atoms with van der Waals surface area (Å²) >= 11 is 0. The van der Waals surface area contributed by atoms with Gasteiger partial charge in [0.15, 0.2) is 0 Å². The second-order valence-corrected chi connectivity index (χ2v) is 7.54. The molecule has 4 nitrogen and oxygen atoms in total. The molecule has 0 fully saturated rings. The van der Waals surface area contributed by atoms with Gasteiger partial charge in [0, 0.05) is 25.2 Å². The van der Waals surface area contributed by atoms with Crippen LogP contribution in [0.1, 0.15) is 65.0 Å². The predicted molar refractivity (Wildman–Crippen MR) is 116 cm³/mol. The molecule has 1 atom stereocenters. The summed E-state index contributed by atoms with van der Waals surface area (Å²) in [4.78, 5) is 0. The third-order valence-corrected chi connectivity index (χ3v) is 4.96. The predicted octanol–water partition coefficient (Wildman–Crippen LogP) is 6.10. The lowest BCUT2D eigenvalue weighted by molar-refractivity contribution is 0.0926. The molecule has 2 rings (SSSR count). The Hall–Kier alpha value is -1.94. The fraction of sp³-hybridized carbons (Fsp3) is 0.583. The van der Waals surface area contributed by atoms with Crippen molar-refractivity contribution in [2.75, 3.05) is 19.8 Å². The number of hydrogen-bond acceptors (Lipinski definition) is 4. The van der Waals surface area contributed by atoms with Crippen molar-refractivity contribution in [2.24, 2.45) is 5.92 Å². The van der Waals surface area contributed by atoms with Crippen LogP contribution in [0.5, 0.6) is 5.75 Å². The fourth-order valence-corrected chi connectivity index (χ4v) is 2.86. The van der Waals surface area contributed by atoms with Crippen LogP contribution in [0.4, 0.5) is 0 Å². The van der Waals surface area contributed by atoms with Crippen LogP contribution in [0.25, 0.3) is 11.3 Å². The van der Waals surface area contributed by atoms with Gasteiger partial charge in [-0.1, -0.05) is 46.5 Å². The van der Waals surface area contributed by atoms with Gasteiger partial charge in [-0.3, -0.25) is 0 Å². The Morgan fingerprint density at radius 3 is 2.36 bits per heavy atom. The van der Waals surface area contributed by atoms with E-state index in [-0.39, 0.29) is 0 Å². The number of benzene rings is 1. The van der Waals surface area contributed by atoms with Crippen molar-refractivity contribution in [3.8, 4) is 17.0 Å². The second-order valence-electron chi connectivity index (χ2n) is 7.54. The van der Waals surface area contributed by atoms with Crippen molar-refractivity contribution in [1.82, 2.24) is 10.2 Å². The molecule has 0 unspecified atom stereocenters. The van der Waals surface area contributed by atoms with Gasteiger partial charge in [-0.15, -0.1) is 0 Å². The van der Waals surface area contributed by atoms with Gasteiger partial charge in [0.25, 0.3) is 0 Å². The first-order valence-corrected chi connectivity index (χ1v) is 10.9. The van der Waals surface area contributed by atoms with Crippen LogP contribution in [0, 0.1) is 5.92 Å². The summed E-state index contributed by atoms with van der Waals surface area (Å²) < 4.78 is 11.4. The van der Waals surface area contributed by atoms with Gasteiger partial charge in [0.2, 0.25) is 0 Å². The lowest BCUT2D eigenvalue weighted by atomic mass is 10.1. The first-order chi connectivity index (χ1) is 13.7. The van der Waals surface area contributed by atoms with E-state index in [1.165, 1.54) is 25.7 Å². The van der Waals surface area contributed by atoms with Crippen molar-refractivity contribution in [1.29, 1.82) is 0 Å². The van der Waals surface area contributed by atoms with Crippen LogP contribution >= 0.6 is 0 Å². The second kappa shape index (κ2) is 13.3. The Morgan fingerprint density at radius 2 is 1.68 bits per heavy atom. The van der Waals surface area contributed by atoms with Crippen LogP contribution in [0.2, 0.25) is 0 Å². The van der Waals surface area contributed by atoms with Crippen LogP contribution in [-0.4, -0.2) is 30.0 Å². The van der Waals surface area contributed by atoms with Crippen molar-refractivity contribution in [2.45, 2.75) is 65.7 Å². The number of nitrogens with zero attached hydrogens (tertiary/aromatic N) is 2. The molecule has 0 spiro atoms. The van der Waals surface area contributed by atoms with E-state index in [0.717, 1.165) is 55.2 Å². The largest absolute Gasteiger partial charge is 0.494 e. The monoisotopic (exact) mass is 384 g/mol. The normalized spacial score (nSPS) is 12.1. The molecule has 0 aliphatic carbocycles. The zero-order valence-electron chi connectivity index (χ0n) is 17.8. The zero-order valence-corrected chi connectivity index (χ0v) is 17.8. The van der Waals surface area contributed by atoms with Crippen LogP contribution in [0.15, 0.2) is 36.4 Å². The number of aryl methyl sites for hydroxylation is 1. The Kier molecular flexibility index (Phi) is 10.6. The maximum atomic E-state index is 5.80. The van der Waals surface area contributed by atoms with Gasteiger partial charge < -0.3 is 9.47 Å². The Balaban J connectivity index is 1.71. The molecular weight excluding hydrogens is 348 g/mol. The van der Waals surface area contributed by atoms with Gasteiger partial charge in [0.1, 0.15) is 5.75 Å².